The molecule has 0 aliphatic rings. The summed E-state index contributed by atoms with van der Waals surface area (Å²) in [6.07, 6.45) is 3.50. The molecule has 2 aromatic rings. The maximum absolute atomic E-state index is 9.44. The summed E-state index contributed by atoms with van der Waals surface area (Å²) in [5, 5.41) is 12.5. The van der Waals surface area contributed by atoms with Crippen molar-refractivity contribution in [2.45, 2.75) is 12.8 Å². The molecule has 2 rings (SSSR count). The lowest BCUT2D eigenvalue weighted by molar-refractivity contribution is 0.225. The fraction of sp³-hybridized carbons (Fsp3) is 0.357. The van der Waals surface area contributed by atoms with Crippen LogP contribution in [0.4, 0.5) is 0 Å². The molecule has 1 heterocycles. The van der Waals surface area contributed by atoms with Crippen LogP contribution < -0.4 is 4.74 Å². The number of nitrogens with zero attached hydrogens (tertiary/aromatic N) is 1. The lowest BCUT2D eigenvalue weighted by Gasteiger charge is -2.12. The first kappa shape index (κ1) is 13.1. The summed E-state index contributed by atoms with van der Waals surface area (Å²) in [6.45, 7) is 0.186. The van der Waals surface area contributed by atoms with Gasteiger partial charge in [-0.1, -0.05) is 12.1 Å². The van der Waals surface area contributed by atoms with Crippen LogP contribution in [0.15, 0.2) is 35.8 Å². The SMILES string of the molecule is COc1ccc(CC(CO)Cc2nccs2)cc1. The number of hydrogen-bond donors (Lipinski definition) is 1. The molecule has 0 fully saturated rings. The highest BCUT2D eigenvalue weighted by molar-refractivity contribution is 7.09. The summed E-state index contributed by atoms with van der Waals surface area (Å²) in [5.74, 6) is 1.09. The summed E-state index contributed by atoms with van der Waals surface area (Å²) >= 11 is 1.64. The van der Waals surface area contributed by atoms with E-state index in [1.807, 2.05) is 35.8 Å². The van der Waals surface area contributed by atoms with Gasteiger partial charge in [0, 0.05) is 24.6 Å². The first-order valence-electron chi connectivity index (χ1n) is 5.94. The van der Waals surface area contributed by atoms with Crippen LogP contribution in [-0.4, -0.2) is 23.8 Å². The van der Waals surface area contributed by atoms with E-state index >= 15 is 0 Å². The molecule has 96 valence electrons. The Kier molecular flexibility index (Phi) is 4.73. The molecule has 0 amide bonds. The van der Waals surface area contributed by atoms with Crippen molar-refractivity contribution in [3.63, 3.8) is 0 Å². The first-order chi connectivity index (χ1) is 8.81. The number of aliphatic hydroxyl groups is 1. The Morgan fingerprint density at radius 1 is 1.28 bits per heavy atom. The highest BCUT2D eigenvalue weighted by Crippen LogP contribution is 2.18. The Balaban J connectivity index is 1.96. The minimum atomic E-state index is 0.186. The van der Waals surface area contributed by atoms with E-state index in [0.717, 1.165) is 23.6 Å². The second-order valence-corrected chi connectivity index (χ2v) is 5.21. The summed E-state index contributed by atoms with van der Waals surface area (Å²) in [6, 6.07) is 7.99. The molecule has 0 spiro atoms. The van der Waals surface area contributed by atoms with E-state index in [4.69, 9.17) is 4.74 Å². The molecular formula is C14H17NO2S. The molecule has 0 saturated heterocycles. The Morgan fingerprint density at radius 3 is 2.61 bits per heavy atom. The molecule has 0 aliphatic heterocycles. The van der Waals surface area contributed by atoms with Gasteiger partial charge >= 0.3 is 0 Å². The number of hydrogen-bond acceptors (Lipinski definition) is 4. The Labute approximate surface area is 111 Å². The normalized spacial score (nSPS) is 12.3. The van der Waals surface area contributed by atoms with Gasteiger partial charge in [0.25, 0.3) is 0 Å². The van der Waals surface area contributed by atoms with E-state index < -0.39 is 0 Å². The third-order valence-electron chi connectivity index (χ3n) is 2.89. The van der Waals surface area contributed by atoms with Crippen LogP contribution in [0.25, 0.3) is 0 Å². The van der Waals surface area contributed by atoms with Crippen molar-refractivity contribution in [1.29, 1.82) is 0 Å². The van der Waals surface area contributed by atoms with Gasteiger partial charge in [-0.3, -0.25) is 0 Å². The summed E-state index contributed by atoms with van der Waals surface area (Å²) in [4.78, 5) is 4.26. The lowest BCUT2D eigenvalue weighted by atomic mass is 9.97. The zero-order chi connectivity index (χ0) is 12.8. The number of aromatic nitrogens is 1. The number of thiazole rings is 1. The summed E-state index contributed by atoms with van der Waals surface area (Å²) < 4.78 is 5.13. The smallest absolute Gasteiger partial charge is 0.118 e. The topological polar surface area (TPSA) is 42.4 Å². The van der Waals surface area contributed by atoms with Crippen LogP contribution in [-0.2, 0) is 12.8 Å². The van der Waals surface area contributed by atoms with E-state index in [-0.39, 0.29) is 12.5 Å². The minimum Gasteiger partial charge on any atom is -0.497 e. The van der Waals surface area contributed by atoms with Gasteiger partial charge in [-0.25, -0.2) is 4.98 Å². The molecular weight excluding hydrogens is 246 g/mol. The zero-order valence-corrected chi connectivity index (χ0v) is 11.2. The van der Waals surface area contributed by atoms with Crippen LogP contribution in [0.1, 0.15) is 10.6 Å². The first-order valence-corrected chi connectivity index (χ1v) is 6.82. The van der Waals surface area contributed by atoms with Crippen molar-refractivity contribution < 1.29 is 9.84 Å². The van der Waals surface area contributed by atoms with Crippen molar-refractivity contribution >= 4 is 11.3 Å². The molecule has 1 atom stereocenters. The van der Waals surface area contributed by atoms with Crippen LogP contribution in [0, 0.1) is 5.92 Å². The van der Waals surface area contributed by atoms with Crippen LogP contribution in [0.5, 0.6) is 5.75 Å². The Morgan fingerprint density at radius 2 is 2.06 bits per heavy atom. The van der Waals surface area contributed by atoms with E-state index in [9.17, 15) is 5.11 Å². The van der Waals surface area contributed by atoms with Gasteiger partial charge < -0.3 is 9.84 Å². The van der Waals surface area contributed by atoms with E-state index in [0.29, 0.717) is 0 Å². The molecule has 3 nitrogen and oxygen atoms in total. The molecule has 1 aromatic carbocycles. The van der Waals surface area contributed by atoms with Gasteiger partial charge in [-0.05, 0) is 30.0 Å². The standard InChI is InChI=1S/C14H17NO2S/c1-17-13-4-2-11(3-5-13)8-12(10-16)9-14-15-6-7-18-14/h2-7,12,16H,8-10H2,1H3. The highest BCUT2D eigenvalue weighted by atomic mass is 32.1. The molecule has 1 unspecified atom stereocenters. The molecule has 4 heteroatoms. The summed E-state index contributed by atoms with van der Waals surface area (Å²) in [5.41, 5.74) is 1.21. The van der Waals surface area contributed by atoms with Crippen molar-refractivity contribution in [3.8, 4) is 5.75 Å². The Hall–Kier alpha value is -1.39. The molecule has 0 radical (unpaired) electrons. The minimum absolute atomic E-state index is 0.186. The van der Waals surface area contributed by atoms with Crippen molar-refractivity contribution in [2.75, 3.05) is 13.7 Å². The second kappa shape index (κ2) is 6.52. The number of ether oxygens (including phenoxy) is 1. The largest absolute Gasteiger partial charge is 0.497 e. The number of benzene rings is 1. The number of rotatable bonds is 6. The predicted molar refractivity (Wildman–Crippen MR) is 73.1 cm³/mol. The third-order valence-corrected chi connectivity index (χ3v) is 3.69. The van der Waals surface area contributed by atoms with E-state index in [1.54, 1.807) is 18.4 Å². The van der Waals surface area contributed by atoms with Crippen LogP contribution in [0.2, 0.25) is 0 Å². The molecule has 0 saturated carbocycles. The van der Waals surface area contributed by atoms with E-state index in [1.165, 1.54) is 5.56 Å². The van der Waals surface area contributed by atoms with Gasteiger partial charge in [-0.15, -0.1) is 11.3 Å². The fourth-order valence-electron chi connectivity index (χ4n) is 1.90. The lowest BCUT2D eigenvalue weighted by Crippen LogP contribution is -2.12. The van der Waals surface area contributed by atoms with Gasteiger partial charge in [0.05, 0.1) is 12.1 Å². The number of aliphatic hydroxyl groups excluding tert-OH is 1. The maximum atomic E-state index is 9.44. The predicted octanol–water partition coefficient (Wildman–Crippen LogP) is 2.55. The highest BCUT2D eigenvalue weighted by Gasteiger charge is 2.11. The fourth-order valence-corrected chi connectivity index (χ4v) is 2.63. The molecule has 1 N–H and O–H groups in total. The molecule has 1 aromatic heterocycles. The average Bonchev–Trinajstić information content (AvgIpc) is 2.91. The average molecular weight is 263 g/mol. The monoisotopic (exact) mass is 263 g/mol. The van der Waals surface area contributed by atoms with Crippen molar-refractivity contribution in [3.05, 3.63) is 46.4 Å². The Bertz CT molecular complexity index is 453. The van der Waals surface area contributed by atoms with Crippen molar-refractivity contribution in [2.24, 2.45) is 5.92 Å². The van der Waals surface area contributed by atoms with Crippen LogP contribution >= 0.6 is 11.3 Å². The quantitative estimate of drug-likeness (QED) is 0.871. The zero-order valence-electron chi connectivity index (χ0n) is 10.4. The third kappa shape index (κ3) is 3.55. The van der Waals surface area contributed by atoms with Crippen molar-refractivity contribution in [1.82, 2.24) is 4.98 Å². The van der Waals surface area contributed by atoms with Gasteiger partial charge in [0.2, 0.25) is 0 Å². The van der Waals surface area contributed by atoms with Gasteiger partial charge in [0.1, 0.15) is 5.75 Å². The molecule has 18 heavy (non-hydrogen) atoms. The van der Waals surface area contributed by atoms with Crippen LogP contribution in [0.3, 0.4) is 0 Å². The maximum Gasteiger partial charge on any atom is 0.118 e. The van der Waals surface area contributed by atoms with Gasteiger partial charge in [0.15, 0.2) is 0 Å². The van der Waals surface area contributed by atoms with Gasteiger partial charge in [-0.2, -0.15) is 0 Å². The summed E-state index contributed by atoms with van der Waals surface area (Å²) in [7, 11) is 1.66. The molecule has 0 bridgehead atoms. The van der Waals surface area contributed by atoms with E-state index in [2.05, 4.69) is 4.98 Å². The number of methoxy groups -OCH3 is 1. The second-order valence-electron chi connectivity index (χ2n) is 4.23. The molecule has 0 aliphatic carbocycles.